The molecule has 0 saturated heterocycles. The summed E-state index contributed by atoms with van der Waals surface area (Å²) < 4.78 is 37.1. The van der Waals surface area contributed by atoms with E-state index in [4.69, 9.17) is 24.5 Å². The maximum absolute atomic E-state index is 13.5. The van der Waals surface area contributed by atoms with E-state index in [1.165, 1.54) is 7.11 Å². The van der Waals surface area contributed by atoms with Crippen LogP contribution in [-0.2, 0) is 31.7 Å². The van der Waals surface area contributed by atoms with Crippen LogP contribution in [0.15, 0.2) is 36.7 Å². The predicted molar refractivity (Wildman–Crippen MR) is 126 cm³/mol. The van der Waals surface area contributed by atoms with Gasteiger partial charge in [0.1, 0.15) is 6.35 Å². The molecule has 4 N–H and O–H groups in total. The molecule has 0 aliphatic rings. The predicted octanol–water partition coefficient (Wildman–Crippen LogP) is 2.13. The number of aliphatic hydroxyl groups excluding tert-OH is 1. The number of benzene rings is 1. The second-order valence-electron chi connectivity index (χ2n) is 7.43. The van der Waals surface area contributed by atoms with Crippen LogP contribution in [0.5, 0.6) is 5.88 Å². The van der Waals surface area contributed by atoms with Gasteiger partial charge in [-0.3, -0.25) is 4.57 Å². The van der Waals surface area contributed by atoms with Gasteiger partial charge in [0.15, 0.2) is 17.5 Å². The van der Waals surface area contributed by atoms with Gasteiger partial charge in [-0.05, 0) is 19.4 Å². The van der Waals surface area contributed by atoms with Crippen LogP contribution in [0.1, 0.15) is 19.4 Å². The van der Waals surface area contributed by atoms with Gasteiger partial charge < -0.3 is 34.1 Å². The fraction of sp³-hybridized carbons (Fsp3) is 0.476. The Kier molecular flexibility index (Phi) is 9.34. The number of hydrogen-bond donors (Lipinski definition) is 3. The largest absolute Gasteiger partial charge is 0.479 e. The standard InChI is InChI=1S/C21H31N6O6P/c1-4-32-20(28)15(2)26-34(29,33-12-16-8-6-5-7-9-16)14-31-11-10-27-13-23-17-18(27)24-21(22)25-19(17)30-3/h5-9,13,15,20,28H,4,10-12,14H2,1-3H3,(H,26,29)(H2,22,24,25)/t15-,20?,34+/m1/s1. The quantitative estimate of drug-likeness (QED) is 0.171. The van der Waals surface area contributed by atoms with Gasteiger partial charge in [0, 0.05) is 13.2 Å². The summed E-state index contributed by atoms with van der Waals surface area (Å²) in [5.41, 5.74) is 7.59. The topological polar surface area (TPSA) is 156 Å². The zero-order chi connectivity index (χ0) is 24.6. The molecule has 2 aromatic heterocycles. The normalized spacial score (nSPS) is 15.2. The zero-order valence-electron chi connectivity index (χ0n) is 19.5. The van der Waals surface area contributed by atoms with Crippen LogP contribution in [0.4, 0.5) is 5.95 Å². The number of nitrogen functional groups attached to an aromatic ring is 1. The van der Waals surface area contributed by atoms with Gasteiger partial charge in [-0.25, -0.2) is 10.1 Å². The molecule has 0 amide bonds. The Hall–Kier alpha value is -2.60. The minimum atomic E-state index is -3.50. The Balaban J connectivity index is 1.63. The van der Waals surface area contributed by atoms with Crippen LogP contribution in [0.3, 0.4) is 0 Å². The van der Waals surface area contributed by atoms with Crippen LogP contribution in [-0.4, -0.2) is 63.6 Å². The monoisotopic (exact) mass is 494 g/mol. The van der Waals surface area contributed by atoms with Crippen LogP contribution in [0, 0.1) is 0 Å². The van der Waals surface area contributed by atoms with E-state index in [2.05, 4.69) is 20.0 Å². The first-order chi connectivity index (χ1) is 16.3. The molecule has 0 spiro atoms. The van der Waals surface area contributed by atoms with Crippen LogP contribution in [0.25, 0.3) is 11.2 Å². The number of hydrogen-bond acceptors (Lipinski definition) is 10. The maximum Gasteiger partial charge on any atom is 0.295 e. The molecule has 0 fully saturated rings. The Morgan fingerprint density at radius 2 is 2.03 bits per heavy atom. The highest BCUT2D eigenvalue weighted by atomic mass is 31.2. The van der Waals surface area contributed by atoms with Gasteiger partial charge in [-0.15, -0.1) is 0 Å². The Morgan fingerprint density at radius 3 is 2.74 bits per heavy atom. The molecular weight excluding hydrogens is 463 g/mol. The number of nitrogens with one attached hydrogen (secondary N) is 1. The summed E-state index contributed by atoms with van der Waals surface area (Å²) in [7, 11) is -2.02. The second kappa shape index (κ2) is 12.2. The first-order valence-electron chi connectivity index (χ1n) is 10.8. The second-order valence-corrected chi connectivity index (χ2v) is 9.56. The number of methoxy groups -OCH3 is 1. The third-order valence-corrected chi connectivity index (χ3v) is 6.70. The van der Waals surface area contributed by atoms with Crippen molar-refractivity contribution in [2.45, 2.75) is 39.3 Å². The molecule has 0 aliphatic carbocycles. The highest BCUT2D eigenvalue weighted by Gasteiger charge is 2.29. The molecule has 0 bridgehead atoms. The summed E-state index contributed by atoms with van der Waals surface area (Å²) in [6, 6.07) is 8.73. The number of nitrogens with two attached hydrogens (primary N) is 1. The van der Waals surface area contributed by atoms with Gasteiger partial charge in [0.05, 0.1) is 32.7 Å². The van der Waals surface area contributed by atoms with Crippen molar-refractivity contribution in [3.63, 3.8) is 0 Å². The molecule has 0 saturated carbocycles. The average molecular weight is 494 g/mol. The van der Waals surface area contributed by atoms with Crippen molar-refractivity contribution in [1.29, 1.82) is 0 Å². The van der Waals surface area contributed by atoms with Crippen LogP contribution in [0.2, 0.25) is 0 Å². The van der Waals surface area contributed by atoms with Crippen LogP contribution >= 0.6 is 7.52 Å². The Bertz CT molecular complexity index is 1100. The first kappa shape index (κ1) is 26.0. The Morgan fingerprint density at radius 1 is 1.26 bits per heavy atom. The molecule has 0 aliphatic heterocycles. The third-order valence-electron chi connectivity index (χ3n) is 4.83. The lowest BCUT2D eigenvalue weighted by Crippen LogP contribution is -2.38. The van der Waals surface area contributed by atoms with E-state index < -0.39 is 19.9 Å². The number of nitrogens with zero attached hydrogens (tertiary/aromatic N) is 4. The van der Waals surface area contributed by atoms with Gasteiger partial charge in [-0.2, -0.15) is 9.97 Å². The molecule has 13 heteroatoms. The van der Waals surface area contributed by atoms with E-state index in [1.54, 1.807) is 24.7 Å². The van der Waals surface area contributed by atoms with E-state index in [9.17, 15) is 9.67 Å². The lowest BCUT2D eigenvalue weighted by Gasteiger charge is -2.26. The lowest BCUT2D eigenvalue weighted by atomic mass is 10.2. The van der Waals surface area contributed by atoms with Crippen LogP contribution < -0.4 is 15.6 Å². The molecule has 0 radical (unpaired) electrons. The number of aromatic nitrogens is 4. The molecule has 186 valence electrons. The van der Waals surface area contributed by atoms with Gasteiger partial charge in [0.25, 0.3) is 7.52 Å². The minimum Gasteiger partial charge on any atom is -0.479 e. The summed E-state index contributed by atoms with van der Waals surface area (Å²) in [5.74, 6) is 0.351. The number of anilines is 1. The third kappa shape index (κ3) is 6.95. The van der Waals surface area contributed by atoms with Crippen molar-refractivity contribution in [2.75, 3.05) is 32.4 Å². The van der Waals surface area contributed by atoms with E-state index in [-0.39, 0.29) is 31.4 Å². The number of aliphatic hydroxyl groups is 1. The van der Waals surface area contributed by atoms with Crippen molar-refractivity contribution in [2.24, 2.45) is 0 Å². The molecule has 2 heterocycles. The SMILES string of the molecule is CCOC(O)[C@@H](C)N[P@](=O)(COCCn1cnc2c(OC)nc(N)nc21)OCc1ccccc1. The van der Waals surface area contributed by atoms with E-state index in [0.29, 0.717) is 24.3 Å². The fourth-order valence-electron chi connectivity index (χ4n) is 3.14. The minimum absolute atomic E-state index is 0.0666. The molecule has 1 unspecified atom stereocenters. The highest BCUT2D eigenvalue weighted by Crippen LogP contribution is 2.44. The molecule has 1 aromatic carbocycles. The van der Waals surface area contributed by atoms with Crippen molar-refractivity contribution in [3.05, 3.63) is 42.2 Å². The van der Waals surface area contributed by atoms with Crippen molar-refractivity contribution in [1.82, 2.24) is 24.6 Å². The number of ether oxygens (including phenoxy) is 3. The molecule has 34 heavy (non-hydrogen) atoms. The van der Waals surface area contributed by atoms with Crippen molar-refractivity contribution >= 4 is 24.6 Å². The summed E-state index contributed by atoms with van der Waals surface area (Å²) in [6.07, 6.45) is 0.224. The van der Waals surface area contributed by atoms with E-state index in [0.717, 1.165) is 5.56 Å². The zero-order valence-corrected chi connectivity index (χ0v) is 20.4. The smallest absolute Gasteiger partial charge is 0.295 e. The maximum atomic E-state index is 13.5. The first-order valence-corrected chi connectivity index (χ1v) is 12.6. The summed E-state index contributed by atoms with van der Waals surface area (Å²) in [5, 5.41) is 12.9. The molecule has 3 rings (SSSR count). The molecule has 3 aromatic rings. The van der Waals surface area contributed by atoms with Gasteiger partial charge in [0.2, 0.25) is 11.8 Å². The van der Waals surface area contributed by atoms with Crippen molar-refractivity contribution < 1.29 is 28.4 Å². The molecule has 12 nitrogen and oxygen atoms in total. The fourth-order valence-corrected chi connectivity index (χ4v) is 4.84. The summed E-state index contributed by atoms with van der Waals surface area (Å²) in [6.45, 7) is 4.42. The van der Waals surface area contributed by atoms with Gasteiger partial charge >= 0.3 is 0 Å². The summed E-state index contributed by atoms with van der Waals surface area (Å²) in [4.78, 5) is 12.5. The van der Waals surface area contributed by atoms with E-state index >= 15 is 0 Å². The Labute approximate surface area is 197 Å². The lowest BCUT2D eigenvalue weighted by molar-refractivity contribution is -0.109. The van der Waals surface area contributed by atoms with Crippen molar-refractivity contribution in [3.8, 4) is 5.88 Å². The average Bonchev–Trinajstić information content (AvgIpc) is 3.23. The number of imidazole rings is 1. The van der Waals surface area contributed by atoms with E-state index in [1.807, 2.05) is 30.3 Å². The molecule has 3 atom stereocenters. The highest BCUT2D eigenvalue weighted by molar-refractivity contribution is 7.56. The van der Waals surface area contributed by atoms with Gasteiger partial charge in [-0.1, -0.05) is 30.3 Å². The summed E-state index contributed by atoms with van der Waals surface area (Å²) >= 11 is 0. The molecular formula is C21H31N6O6P. The number of fused-ring (bicyclic) bond motifs is 1. The number of rotatable bonds is 14.